The Morgan fingerprint density at radius 1 is 1.22 bits per heavy atom. The summed E-state index contributed by atoms with van der Waals surface area (Å²) in [5.74, 6) is 0.659. The molecular formula is C27H41N5O5. The number of fused-ring (bicyclic) bond motifs is 1. The number of anilines is 2. The van der Waals surface area contributed by atoms with Crippen LogP contribution in [-0.2, 0) is 24.5 Å². The maximum absolute atomic E-state index is 13.8. The molecule has 0 bridgehead atoms. The maximum atomic E-state index is 13.8. The van der Waals surface area contributed by atoms with Gasteiger partial charge in [-0.05, 0) is 34.1 Å². The molecule has 0 unspecified atom stereocenters. The second-order valence-electron chi connectivity index (χ2n) is 12.1. The minimum atomic E-state index is -0.579. The Morgan fingerprint density at radius 3 is 2.57 bits per heavy atom. The van der Waals surface area contributed by atoms with E-state index in [1.165, 1.54) is 0 Å². The fourth-order valence-electron chi connectivity index (χ4n) is 5.49. The zero-order valence-corrected chi connectivity index (χ0v) is 23.2. The number of ether oxygens (including phenoxy) is 2. The van der Waals surface area contributed by atoms with Crippen LogP contribution in [-0.4, -0.2) is 96.8 Å². The lowest BCUT2D eigenvalue weighted by atomic mass is 9.88. The van der Waals surface area contributed by atoms with E-state index in [2.05, 4.69) is 23.7 Å². The number of carbonyl (C=O) groups is 3. The first-order chi connectivity index (χ1) is 17.3. The highest BCUT2D eigenvalue weighted by Gasteiger charge is 2.42. The van der Waals surface area contributed by atoms with Crippen LogP contribution in [0.2, 0.25) is 0 Å². The summed E-state index contributed by atoms with van der Waals surface area (Å²) in [6.45, 7) is 14.5. The number of hydrogen-bond donors (Lipinski definition) is 0. The molecule has 0 aliphatic carbocycles. The molecule has 2 saturated heterocycles. The van der Waals surface area contributed by atoms with Crippen LogP contribution < -0.4 is 9.80 Å². The SMILES string of the molecule is COC[C@H]1CN(C(=O)OC(C)(C)C)[C@H](C)CN1CC(=O)N1CC(C)(C)c2cnc(N3CCCC3=O)cc21. The molecule has 1 aromatic heterocycles. The summed E-state index contributed by atoms with van der Waals surface area (Å²) in [6.07, 6.45) is 2.82. The second kappa shape index (κ2) is 10.2. The smallest absolute Gasteiger partial charge is 0.410 e. The van der Waals surface area contributed by atoms with E-state index in [1.807, 2.05) is 44.9 Å². The van der Waals surface area contributed by atoms with Gasteiger partial charge in [-0.2, -0.15) is 0 Å². The highest BCUT2D eigenvalue weighted by atomic mass is 16.6. The Bertz CT molecular complexity index is 1050. The van der Waals surface area contributed by atoms with Crippen LogP contribution in [0.4, 0.5) is 16.3 Å². The maximum Gasteiger partial charge on any atom is 0.410 e. The van der Waals surface area contributed by atoms with Crippen LogP contribution in [0.15, 0.2) is 12.3 Å². The predicted molar refractivity (Wildman–Crippen MR) is 141 cm³/mol. The molecular weight excluding hydrogens is 474 g/mol. The minimum Gasteiger partial charge on any atom is -0.444 e. The lowest BCUT2D eigenvalue weighted by molar-refractivity contribution is -0.122. The fraction of sp³-hybridized carbons (Fsp3) is 0.704. The van der Waals surface area contributed by atoms with E-state index in [0.717, 1.165) is 17.7 Å². The van der Waals surface area contributed by atoms with Crippen LogP contribution in [0.5, 0.6) is 0 Å². The number of carbonyl (C=O) groups excluding carboxylic acids is 3. The lowest BCUT2D eigenvalue weighted by Crippen LogP contribution is -2.62. The molecule has 10 heteroatoms. The Hall–Kier alpha value is -2.72. The van der Waals surface area contributed by atoms with E-state index in [9.17, 15) is 14.4 Å². The van der Waals surface area contributed by atoms with Crippen molar-refractivity contribution in [3.63, 3.8) is 0 Å². The monoisotopic (exact) mass is 515 g/mol. The quantitative estimate of drug-likeness (QED) is 0.595. The van der Waals surface area contributed by atoms with Gasteiger partial charge < -0.3 is 19.3 Å². The third-order valence-corrected chi connectivity index (χ3v) is 7.37. The zero-order chi connectivity index (χ0) is 27.1. The third kappa shape index (κ3) is 5.75. The second-order valence-corrected chi connectivity index (χ2v) is 12.1. The summed E-state index contributed by atoms with van der Waals surface area (Å²) in [7, 11) is 1.63. The predicted octanol–water partition coefficient (Wildman–Crippen LogP) is 2.79. The minimum absolute atomic E-state index is 0.0178. The summed E-state index contributed by atoms with van der Waals surface area (Å²) >= 11 is 0. The summed E-state index contributed by atoms with van der Waals surface area (Å²) in [6, 6.07) is 1.64. The highest BCUT2D eigenvalue weighted by Crippen LogP contribution is 2.42. The van der Waals surface area contributed by atoms with Gasteiger partial charge in [-0.15, -0.1) is 0 Å². The van der Waals surface area contributed by atoms with Gasteiger partial charge in [0.2, 0.25) is 11.8 Å². The number of aromatic nitrogens is 1. The molecule has 0 spiro atoms. The third-order valence-electron chi connectivity index (χ3n) is 7.37. The van der Waals surface area contributed by atoms with Gasteiger partial charge in [-0.3, -0.25) is 19.4 Å². The molecule has 37 heavy (non-hydrogen) atoms. The molecule has 0 radical (unpaired) electrons. The highest BCUT2D eigenvalue weighted by molar-refractivity contribution is 5.99. The molecule has 0 aromatic carbocycles. The summed E-state index contributed by atoms with van der Waals surface area (Å²) < 4.78 is 11.1. The molecule has 3 aliphatic heterocycles. The Balaban J connectivity index is 1.52. The van der Waals surface area contributed by atoms with Gasteiger partial charge >= 0.3 is 6.09 Å². The molecule has 2 fully saturated rings. The summed E-state index contributed by atoms with van der Waals surface area (Å²) in [4.78, 5) is 50.8. The van der Waals surface area contributed by atoms with Crippen molar-refractivity contribution in [2.45, 2.75) is 77.5 Å². The van der Waals surface area contributed by atoms with Gasteiger partial charge in [-0.25, -0.2) is 9.78 Å². The van der Waals surface area contributed by atoms with E-state index in [-0.39, 0.29) is 42.0 Å². The van der Waals surface area contributed by atoms with E-state index < -0.39 is 5.60 Å². The topological polar surface area (TPSA) is 95.5 Å². The van der Waals surface area contributed by atoms with Crippen molar-refractivity contribution >= 4 is 29.4 Å². The van der Waals surface area contributed by atoms with Gasteiger partial charge in [0.25, 0.3) is 0 Å². The molecule has 2 atom stereocenters. The van der Waals surface area contributed by atoms with Crippen molar-refractivity contribution in [2.75, 3.05) is 56.2 Å². The summed E-state index contributed by atoms with van der Waals surface area (Å²) in [5, 5.41) is 0. The largest absolute Gasteiger partial charge is 0.444 e. The number of hydrogen-bond acceptors (Lipinski definition) is 7. The van der Waals surface area contributed by atoms with E-state index >= 15 is 0 Å². The first kappa shape index (κ1) is 27.3. The van der Waals surface area contributed by atoms with Gasteiger partial charge in [0.15, 0.2) is 0 Å². The van der Waals surface area contributed by atoms with Crippen LogP contribution in [0.25, 0.3) is 0 Å². The number of methoxy groups -OCH3 is 1. The van der Waals surface area contributed by atoms with Crippen LogP contribution in [0.3, 0.4) is 0 Å². The number of piperazine rings is 1. The molecule has 4 rings (SSSR count). The van der Waals surface area contributed by atoms with Gasteiger partial charge in [0.1, 0.15) is 11.4 Å². The molecule has 0 N–H and O–H groups in total. The summed E-state index contributed by atoms with van der Waals surface area (Å²) in [5.41, 5.74) is 1.00. The lowest BCUT2D eigenvalue weighted by Gasteiger charge is -2.45. The van der Waals surface area contributed by atoms with Crippen molar-refractivity contribution in [3.8, 4) is 0 Å². The van der Waals surface area contributed by atoms with Crippen LogP contribution in [0, 0.1) is 0 Å². The molecule has 10 nitrogen and oxygen atoms in total. The van der Waals surface area contributed by atoms with Crippen molar-refractivity contribution in [2.24, 2.45) is 0 Å². The van der Waals surface area contributed by atoms with Gasteiger partial charge in [0.05, 0.1) is 24.9 Å². The molecule has 4 heterocycles. The van der Waals surface area contributed by atoms with E-state index in [0.29, 0.717) is 45.0 Å². The van der Waals surface area contributed by atoms with E-state index in [4.69, 9.17) is 9.47 Å². The molecule has 1 aromatic rings. The number of pyridine rings is 1. The van der Waals surface area contributed by atoms with Gasteiger partial charge in [-0.1, -0.05) is 13.8 Å². The van der Waals surface area contributed by atoms with Crippen molar-refractivity contribution in [3.05, 3.63) is 17.8 Å². The van der Waals surface area contributed by atoms with Crippen LogP contribution in [0.1, 0.15) is 59.9 Å². The first-order valence-corrected chi connectivity index (χ1v) is 13.1. The van der Waals surface area contributed by atoms with Crippen LogP contribution >= 0.6 is 0 Å². The number of rotatable bonds is 5. The van der Waals surface area contributed by atoms with Crippen molar-refractivity contribution in [1.82, 2.24) is 14.8 Å². The molecule has 3 amide bonds. The average Bonchev–Trinajstić information content (AvgIpc) is 3.34. The van der Waals surface area contributed by atoms with Gasteiger partial charge in [0, 0.05) is 69.0 Å². The van der Waals surface area contributed by atoms with Crippen molar-refractivity contribution in [1.29, 1.82) is 0 Å². The molecule has 3 aliphatic rings. The number of amides is 3. The standard InChI is InChI=1S/C27H41N5O5/c1-18-13-29(19(16-36-7)14-31(18)25(35)37-26(2,3)4)15-24(34)32-17-27(5,6)20-12-28-22(11-21(20)32)30-10-8-9-23(30)33/h11-12,18-19H,8-10,13-17H2,1-7H3/t18-,19-/m1/s1. The molecule has 0 saturated carbocycles. The Morgan fingerprint density at radius 2 is 1.95 bits per heavy atom. The number of nitrogens with zero attached hydrogens (tertiary/aromatic N) is 5. The average molecular weight is 516 g/mol. The fourth-order valence-corrected chi connectivity index (χ4v) is 5.49. The van der Waals surface area contributed by atoms with E-state index in [1.54, 1.807) is 16.9 Å². The Labute approximate surface area is 219 Å². The molecule has 204 valence electrons. The first-order valence-electron chi connectivity index (χ1n) is 13.1. The zero-order valence-electron chi connectivity index (χ0n) is 23.2. The van der Waals surface area contributed by atoms with Crippen molar-refractivity contribution < 1.29 is 23.9 Å². The Kier molecular flexibility index (Phi) is 7.54. The normalized spacial score (nSPS) is 24.0.